The van der Waals surface area contributed by atoms with Gasteiger partial charge in [0.2, 0.25) is 0 Å². The number of thioether (sulfide) groups is 1. The average Bonchev–Trinajstić information content (AvgIpc) is 3.30. The third kappa shape index (κ3) is 4.00. The quantitative estimate of drug-likeness (QED) is 0.285. The molecule has 0 radical (unpaired) electrons. The fraction of sp³-hybridized carbons (Fsp3) is 0.0476. The number of carbonyl (C=O) groups is 2. The molecule has 0 N–H and O–H groups in total. The van der Waals surface area contributed by atoms with Crippen LogP contribution in [0.15, 0.2) is 70.0 Å². The maximum atomic E-state index is 12.7. The maximum Gasteiger partial charge on any atom is 0.293 e. The number of imide groups is 1. The Morgan fingerprint density at radius 2 is 1.90 bits per heavy atom. The van der Waals surface area contributed by atoms with Gasteiger partial charge in [-0.05, 0) is 35.5 Å². The van der Waals surface area contributed by atoms with Gasteiger partial charge in [-0.1, -0.05) is 41.9 Å². The first kappa shape index (κ1) is 19.9. The summed E-state index contributed by atoms with van der Waals surface area (Å²) in [5.41, 5.74) is 1.16. The number of halogens is 1. The minimum absolute atomic E-state index is 0.0499. The van der Waals surface area contributed by atoms with Crippen LogP contribution < -0.4 is 0 Å². The maximum absolute atomic E-state index is 12.7. The fourth-order valence-electron chi connectivity index (χ4n) is 2.92. The molecule has 1 saturated heterocycles. The van der Waals surface area contributed by atoms with E-state index in [4.69, 9.17) is 16.0 Å². The van der Waals surface area contributed by atoms with Crippen LogP contribution in [0.3, 0.4) is 0 Å². The van der Waals surface area contributed by atoms with Crippen LogP contribution in [0.5, 0.6) is 0 Å². The van der Waals surface area contributed by atoms with Gasteiger partial charge >= 0.3 is 0 Å². The van der Waals surface area contributed by atoms with Crippen LogP contribution in [0.4, 0.5) is 10.5 Å². The standard InChI is InChI=1S/C21H13ClN2O5S/c22-17-7-2-1-4-14(17)12-23-20(25)19(30-21(23)26)11-16-8-9-18(29-16)13-5-3-6-15(10-13)24(27)28/h1-11H,12H2/b19-11-. The molecule has 0 saturated carbocycles. The van der Waals surface area contributed by atoms with Crippen LogP contribution >= 0.6 is 23.4 Å². The van der Waals surface area contributed by atoms with Gasteiger partial charge in [0.15, 0.2) is 0 Å². The highest BCUT2D eigenvalue weighted by Crippen LogP contribution is 2.35. The lowest BCUT2D eigenvalue weighted by Crippen LogP contribution is -2.27. The lowest BCUT2D eigenvalue weighted by molar-refractivity contribution is -0.384. The van der Waals surface area contributed by atoms with Crippen molar-refractivity contribution >= 4 is 46.3 Å². The average molecular weight is 441 g/mol. The number of amides is 2. The van der Waals surface area contributed by atoms with E-state index in [0.717, 1.165) is 16.7 Å². The van der Waals surface area contributed by atoms with E-state index in [1.165, 1.54) is 18.2 Å². The molecule has 0 atom stereocenters. The predicted octanol–water partition coefficient (Wildman–Crippen LogP) is 5.74. The highest BCUT2D eigenvalue weighted by molar-refractivity contribution is 8.18. The lowest BCUT2D eigenvalue weighted by atomic mass is 10.1. The zero-order chi connectivity index (χ0) is 21.3. The number of nitrogens with zero attached hydrogens (tertiary/aromatic N) is 2. The Morgan fingerprint density at radius 3 is 2.67 bits per heavy atom. The molecule has 4 rings (SSSR count). The molecule has 0 aliphatic carbocycles. The number of nitro groups is 1. The third-order valence-electron chi connectivity index (χ3n) is 4.40. The van der Waals surface area contributed by atoms with Crippen molar-refractivity contribution in [2.24, 2.45) is 0 Å². The first-order valence-corrected chi connectivity index (χ1v) is 9.95. The Morgan fingerprint density at radius 1 is 1.10 bits per heavy atom. The molecule has 3 aromatic rings. The first-order valence-electron chi connectivity index (χ1n) is 8.76. The number of furan rings is 1. The largest absolute Gasteiger partial charge is 0.457 e. The smallest absolute Gasteiger partial charge is 0.293 e. The van der Waals surface area contributed by atoms with Crippen LogP contribution in [-0.4, -0.2) is 21.0 Å². The van der Waals surface area contributed by atoms with Gasteiger partial charge in [0, 0.05) is 28.8 Å². The van der Waals surface area contributed by atoms with Crippen LogP contribution in [0, 0.1) is 10.1 Å². The number of benzene rings is 2. The van der Waals surface area contributed by atoms with Crippen LogP contribution in [0.2, 0.25) is 5.02 Å². The van der Waals surface area contributed by atoms with Gasteiger partial charge in [0.25, 0.3) is 16.8 Å². The van der Waals surface area contributed by atoms with Crippen molar-refractivity contribution in [1.29, 1.82) is 0 Å². The summed E-state index contributed by atoms with van der Waals surface area (Å²) >= 11 is 6.95. The highest BCUT2D eigenvalue weighted by atomic mass is 35.5. The fourth-order valence-corrected chi connectivity index (χ4v) is 3.93. The van der Waals surface area contributed by atoms with Gasteiger partial charge in [-0.3, -0.25) is 24.6 Å². The Balaban J connectivity index is 1.55. The Labute approximate surface area is 180 Å². The van der Waals surface area contributed by atoms with E-state index in [1.807, 2.05) is 0 Å². The molecule has 150 valence electrons. The van der Waals surface area contributed by atoms with Crippen molar-refractivity contribution in [3.63, 3.8) is 0 Å². The highest BCUT2D eigenvalue weighted by Gasteiger charge is 2.35. The number of hydrogen-bond donors (Lipinski definition) is 0. The SMILES string of the molecule is O=C1S/C(=C\c2ccc(-c3cccc([N+](=O)[O-])c3)o2)C(=O)N1Cc1ccccc1Cl. The summed E-state index contributed by atoms with van der Waals surface area (Å²) in [4.78, 5) is 36.8. The Bertz CT molecular complexity index is 1200. The molecule has 1 aromatic heterocycles. The zero-order valence-corrected chi connectivity index (χ0v) is 16.9. The molecule has 7 nitrogen and oxygen atoms in total. The van der Waals surface area contributed by atoms with Gasteiger partial charge < -0.3 is 4.42 Å². The molecule has 2 aromatic carbocycles. The van der Waals surface area contributed by atoms with E-state index < -0.39 is 16.1 Å². The molecular formula is C21H13ClN2O5S. The van der Waals surface area contributed by atoms with Gasteiger partial charge in [-0.2, -0.15) is 0 Å². The molecule has 2 heterocycles. The van der Waals surface area contributed by atoms with Crippen molar-refractivity contribution in [2.75, 3.05) is 0 Å². The lowest BCUT2D eigenvalue weighted by Gasteiger charge is -2.13. The summed E-state index contributed by atoms with van der Waals surface area (Å²) < 4.78 is 5.71. The van der Waals surface area contributed by atoms with Crippen molar-refractivity contribution in [2.45, 2.75) is 6.54 Å². The van der Waals surface area contributed by atoms with Crippen LogP contribution in [0.1, 0.15) is 11.3 Å². The van der Waals surface area contributed by atoms with Gasteiger partial charge in [0.1, 0.15) is 11.5 Å². The van der Waals surface area contributed by atoms with E-state index in [0.29, 0.717) is 27.7 Å². The van der Waals surface area contributed by atoms with E-state index in [1.54, 1.807) is 48.5 Å². The van der Waals surface area contributed by atoms with Crippen LogP contribution in [0.25, 0.3) is 17.4 Å². The summed E-state index contributed by atoms with van der Waals surface area (Å²) in [5, 5.41) is 11.0. The van der Waals surface area contributed by atoms with Crippen molar-refractivity contribution < 1.29 is 18.9 Å². The Kier molecular flexibility index (Phi) is 5.43. The van der Waals surface area contributed by atoms with Gasteiger partial charge in [0.05, 0.1) is 16.4 Å². The van der Waals surface area contributed by atoms with Crippen molar-refractivity contribution in [1.82, 2.24) is 4.90 Å². The van der Waals surface area contributed by atoms with E-state index in [9.17, 15) is 19.7 Å². The van der Waals surface area contributed by atoms with Gasteiger partial charge in [-0.25, -0.2) is 0 Å². The predicted molar refractivity (Wildman–Crippen MR) is 114 cm³/mol. The number of rotatable bonds is 5. The zero-order valence-electron chi connectivity index (χ0n) is 15.3. The normalized spacial score (nSPS) is 15.2. The van der Waals surface area contributed by atoms with Crippen LogP contribution in [-0.2, 0) is 11.3 Å². The summed E-state index contributed by atoms with van der Waals surface area (Å²) in [6, 6.07) is 16.3. The second-order valence-corrected chi connectivity index (χ2v) is 7.77. The van der Waals surface area contributed by atoms with Gasteiger partial charge in [-0.15, -0.1) is 0 Å². The molecule has 0 bridgehead atoms. The van der Waals surface area contributed by atoms with Crippen molar-refractivity contribution in [3.8, 4) is 11.3 Å². The molecular weight excluding hydrogens is 428 g/mol. The molecule has 0 spiro atoms. The monoisotopic (exact) mass is 440 g/mol. The first-order chi connectivity index (χ1) is 14.4. The topological polar surface area (TPSA) is 93.7 Å². The second-order valence-electron chi connectivity index (χ2n) is 6.37. The number of carbonyl (C=O) groups excluding carboxylic acids is 2. The number of hydrogen-bond acceptors (Lipinski definition) is 6. The van der Waals surface area contributed by atoms with E-state index >= 15 is 0 Å². The summed E-state index contributed by atoms with van der Waals surface area (Å²) in [7, 11) is 0. The number of nitro benzene ring substituents is 1. The summed E-state index contributed by atoms with van der Waals surface area (Å²) in [6.07, 6.45) is 1.48. The second kappa shape index (κ2) is 8.17. The molecule has 1 aliphatic rings. The summed E-state index contributed by atoms with van der Waals surface area (Å²) in [5.74, 6) is 0.346. The third-order valence-corrected chi connectivity index (χ3v) is 5.68. The van der Waals surface area contributed by atoms with Crippen molar-refractivity contribution in [3.05, 3.63) is 92.0 Å². The minimum atomic E-state index is -0.484. The molecule has 1 aliphatic heterocycles. The molecule has 0 unspecified atom stereocenters. The minimum Gasteiger partial charge on any atom is -0.457 e. The molecule has 2 amide bonds. The molecule has 9 heteroatoms. The molecule has 1 fully saturated rings. The number of non-ortho nitro benzene ring substituents is 1. The Hall–Kier alpha value is -3.36. The van der Waals surface area contributed by atoms with E-state index in [2.05, 4.69) is 0 Å². The van der Waals surface area contributed by atoms with E-state index in [-0.39, 0.29) is 17.1 Å². The molecule has 30 heavy (non-hydrogen) atoms. The summed E-state index contributed by atoms with van der Waals surface area (Å²) in [6.45, 7) is 0.0821.